The van der Waals surface area contributed by atoms with Crippen LogP contribution in [-0.4, -0.2) is 27.1 Å². The van der Waals surface area contributed by atoms with Crippen molar-refractivity contribution in [2.45, 2.75) is 55.9 Å². The zero-order chi connectivity index (χ0) is 12.4. The molecule has 3 rings (SSSR count). The van der Waals surface area contributed by atoms with Crippen LogP contribution >= 0.6 is 11.8 Å². The van der Waals surface area contributed by atoms with E-state index in [9.17, 15) is 0 Å². The van der Waals surface area contributed by atoms with Crippen molar-refractivity contribution >= 4 is 11.8 Å². The zero-order valence-electron chi connectivity index (χ0n) is 11.2. The normalized spacial score (nSPS) is 26.8. The largest absolute Gasteiger partial charge is 0.332 e. The summed E-state index contributed by atoms with van der Waals surface area (Å²) in [7, 11) is 0. The second kappa shape index (κ2) is 5.25. The Morgan fingerprint density at radius 3 is 2.94 bits per heavy atom. The van der Waals surface area contributed by atoms with Crippen molar-refractivity contribution < 1.29 is 0 Å². The van der Waals surface area contributed by atoms with Crippen LogP contribution < -0.4 is 5.32 Å². The summed E-state index contributed by atoms with van der Waals surface area (Å²) in [5.41, 5.74) is 1.40. The summed E-state index contributed by atoms with van der Waals surface area (Å²) in [6.07, 6.45) is 14.4. The molecule has 1 aromatic heterocycles. The van der Waals surface area contributed by atoms with E-state index in [0.717, 1.165) is 13.1 Å². The highest BCUT2D eigenvalue weighted by molar-refractivity contribution is 8.00. The lowest BCUT2D eigenvalue weighted by molar-refractivity contribution is 0.474. The highest BCUT2D eigenvalue weighted by atomic mass is 32.2. The van der Waals surface area contributed by atoms with Crippen molar-refractivity contribution in [1.29, 1.82) is 0 Å². The fourth-order valence-corrected chi connectivity index (χ4v) is 4.41. The van der Waals surface area contributed by atoms with Gasteiger partial charge in [-0.3, -0.25) is 0 Å². The molecule has 1 aliphatic carbocycles. The minimum absolute atomic E-state index is 0.466. The zero-order valence-corrected chi connectivity index (χ0v) is 12.0. The average Bonchev–Trinajstić information content (AvgIpc) is 3.10. The molecule has 0 radical (unpaired) electrons. The van der Waals surface area contributed by atoms with Crippen molar-refractivity contribution in [3.8, 4) is 0 Å². The van der Waals surface area contributed by atoms with Crippen LogP contribution in [0.15, 0.2) is 12.5 Å². The molecule has 2 heterocycles. The maximum Gasteiger partial charge on any atom is 0.0949 e. The smallest absolute Gasteiger partial charge is 0.0949 e. The van der Waals surface area contributed by atoms with E-state index in [4.69, 9.17) is 0 Å². The van der Waals surface area contributed by atoms with Gasteiger partial charge in [0, 0.05) is 23.5 Å². The van der Waals surface area contributed by atoms with Gasteiger partial charge in [0.15, 0.2) is 0 Å². The number of rotatable bonds is 4. The van der Waals surface area contributed by atoms with E-state index in [1.54, 1.807) is 0 Å². The lowest BCUT2D eigenvalue weighted by Crippen LogP contribution is -2.28. The van der Waals surface area contributed by atoms with E-state index in [-0.39, 0.29) is 0 Å². The van der Waals surface area contributed by atoms with E-state index in [0.29, 0.717) is 10.8 Å². The number of thioether (sulfide) groups is 1. The van der Waals surface area contributed by atoms with E-state index in [1.165, 1.54) is 44.2 Å². The first-order chi connectivity index (χ1) is 8.83. The van der Waals surface area contributed by atoms with Gasteiger partial charge in [-0.15, -0.1) is 0 Å². The standard InChI is InChI=1S/C14H23N3S/c1-18-14(6-2-3-7-14)10-17-11-15-9-13(17)12-5-4-8-16-12/h9,11-12,16H,2-8,10H2,1H3. The van der Waals surface area contributed by atoms with E-state index in [1.807, 2.05) is 6.33 Å². The molecule has 1 saturated carbocycles. The summed E-state index contributed by atoms with van der Waals surface area (Å²) in [5.74, 6) is 0. The van der Waals surface area contributed by atoms with Crippen molar-refractivity contribution in [3.05, 3.63) is 18.2 Å². The third kappa shape index (κ3) is 2.32. The first-order valence-electron chi connectivity index (χ1n) is 7.12. The van der Waals surface area contributed by atoms with Crippen molar-refractivity contribution in [2.24, 2.45) is 0 Å². The van der Waals surface area contributed by atoms with E-state index >= 15 is 0 Å². The number of imidazole rings is 1. The number of aromatic nitrogens is 2. The summed E-state index contributed by atoms with van der Waals surface area (Å²) < 4.78 is 2.87. The number of nitrogens with zero attached hydrogens (tertiary/aromatic N) is 2. The Morgan fingerprint density at radius 1 is 1.44 bits per heavy atom. The van der Waals surface area contributed by atoms with Gasteiger partial charge in [-0.1, -0.05) is 12.8 Å². The van der Waals surface area contributed by atoms with Gasteiger partial charge in [-0.25, -0.2) is 4.98 Å². The molecule has 2 aliphatic rings. The van der Waals surface area contributed by atoms with Gasteiger partial charge in [0.05, 0.1) is 12.0 Å². The molecule has 1 aliphatic heterocycles. The molecule has 2 fully saturated rings. The Kier molecular flexibility index (Phi) is 3.66. The summed E-state index contributed by atoms with van der Waals surface area (Å²) in [4.78, 5) is 4.39. The third-order valence-electron chi connectivity index (χ3n) is 4.57. The molecule has 1 N–H and O–H groups in total. The van der Waals surface area contributed by atoms with Crippen LogP contribution in [-0.2, 0) is 6.54 Å². The highest BCUT2D eigenvalue weighted by Crippen LogP contribution is 2.42. The van der Waals surface area contributed by atoms with E-state index in [2.05, 4.69) is 39.1 Å². The second-order valence-electron chi connectivity index (χ2n) is 5.69. The van der Waals surface area contributed by atoms with Crippen molar-refractivity contribution in [1.82, 2.24) is 14.9 Å². The number of hydrogen-bond acceptors (Lipinski definition) is 3. The molecule has 1 aromatic rings. The molecular weight excluding hydrogens is 242 g/mol. The molecular formula is C14H23N3S. The Hall–Kier alpha value is -0.480. The van der Waals surface area contributed by atoms with Crippen LogP contribution in [0.2, 0.25) is 0 Å². The number of hydrogen-bond donors (Lipinski definition) is 1. The fraction of sp³-hybridized carbons (Fsp3) is 0.786. The van der Waals surface area contributed by atoms with Crippen LogP contribution in [0.1, 0.15) is 50.3 Å². The molecule has 3 nitrogen and oxygen atoms in total. The third-order valence-corrected chi connectivity index (χ3v) is 5.97. The summed E-state index contributed by atoms with van der Waals surface area (Å²) in [6.45, 7) is 2.30. The molecule has 1 saturated heterocycles. The molecule has 0 spiro atoms. The maximum absolute atomic E-state index is 4.39. The van der Waals surface area contributed by atoms with Gasteiger partial charge in [-0.2, -0.15) is 11.8 Å². The monoisotopic (exact) mass is 265 g/mol. The van der Waals surface area contributed by atoms with Crippen LogP contribution in [0.25, 0.3) is 0 Å². The van der Waals surface area contributed by atoms with Gasteiger partial charge in [0.25, 0.3) is 0 Å². The molecule has 100 valence electrons. The molecule has 0 bridgehead atoms. The first kappa shape index (κ1) is 12.5. The molecule has 18 heavy (non-hydrogen) atoms. The van der Waals surface area contributed by atoms with Gasteiger partial charge < -0.3 is 9.88 Å². The summed E-state index contributed by atoms with van der Waals surface area (Å²) in [5, 5.41) is 3.59. The lowest BCUT2D eigenvalue weighted by atomic mass is 10.1. The Bertz CT molecular complexity index is 389. The maximum atomic E-state index is 4.39. The Labute approximate surface area is 114 Å². The topological polar surface area (TPSA) is 29.9 Å². The van der Waals surface area contributed by atoms with Crippen LogP contribution in [0, 0.1) is 0 Å². The fourth-order valence-electron chi connectivity index (χ4n) is 3.45. The molecule has 0 amide bonds. The molecule has 1 atom stereocenters. The van der Waals surface area contributed by atoms with E-state index < -0.39 is 0 Å². The van der Waals surface area contributed by atoms with Crippen molar-refractivity contribution in [2.75, 3.05) is 12.8 Å². The minimum Gasteiger partial charge on any atom is -0.332 e. The lowest BCUT2D eigenvalue weighted by Gasteiger charge is -2.28. The molecule has 0 aromatic carbocycles. The first-order valence-corrected chi connectivity index (χ1v) is 8.34. The Balaban J connectivity index is 1.77. The second-order valence-corrected chi connectivity index (χ2v) is 6.96. The van der Waals surface area contributed by atoms with Gasteiger partial charge in [-0.05, 0) is 38.5 Å². The molecule has 4 heteroatoms. The van der Waals surface area contributed by atoms with Gasteiger partial charge in [0.1, 0.15) is 0 Å². The van der Waals surface area contributed by atoms with Crippen LogP contribution in [0.5, 0.6) is 0 Å². The quantitative estimate of drug-likeness (QED) is 0.907. The summed E-state index contributed by atoms with van der Waals surface area (Å²) in [6, 6.07) is 0.535. The molecule has 1 unspecified atom stereocenters. The average molecular weight is 265 g/mol. The van der Waals surface area contributed by atoms with Gasteiger partial charge >= 0.3 is 0 Å². The predicted octanol–water partition coefficient (Wildman–Crippen LogP) is 2.98. The highest BCUT2D eigenvalue weighted by Gasteiger charge is 2.34. The van der Waals surface area contributed by atoms with Crippen LogP contribution in [0.4, 0.5) is 0 Å². The Morgan fingerprint density at radius 2 is 2.28 bits per heavy atom. The van der Waals surface area contributed by atoms with Crippen LogP contribution in [0.3, 0.4) is 0 Å². The number of nitrogens with one attached hydrogen (secondary N) is 1. The SMILES string of the molecule is CSC1(Cn2cncc2C2CCCN2)CCCC1. The van der Waals surface area contributed by atoms with Crippen molar-refractivity contribution in [3.63, 3.8) is 0 Å². The minimum atomic E-state index is 0.466. The summed E-state index contributed by atoms with van der Waals surface area (Å²) >= 11 is 2.06. The predicted molar refractivity (Wildman–Crippen MR) is 76.9 cm³/mol. The van der Waals surface area contributed by atoms with Gasteiger partial charge in [0.2, 0.25) is 0 Å².